The number of nitrogens with two attached hydrogens (primary N) is 1. The molecule has 2 aliphatic carbocycles. The first-order chi connectivity index (χ1) is 8.59. The van der Waals surface area contributed by atoms with Gasteiger partial charge in [0.1, 0.15) is 0 Å². The topological polar surface area (TPSA) is 55.1 Å². The van der Waals surface area contributed by atoms with Gasteiger partial charge in [-0.1, -0.05) is 33.1 Å². The molecule has 0 radical (unpaired) electrons. The third-order valence-electron chi connectivity index (χ3n) is 5.39. The lowest BCUT2D eigenvalue weighted by Gasteiger charge is -2.43. The number of carbonyl (C=O) groups is 1. The van der Waals surface area contributed by atoms with Crippen molar-refractivity contribution in [2.45, 2.75) is 64.3 Å². The highest BCUT2D eigenvalue weighted by molar-refractivity contribution is 5.80. The highest BCUT2D eigenvalue weighted by Gasteiger charge is 2.40. The Morgan fingerprint density at radius 2 is 2.00 bits per heavy atom. The van der Waals surface area contributed by atoms with E-state index in [0.29, 0.717) is 18.4 Å². The molecule has 2 rings (SSSR count). The maximum Gasteiger partial charge on any atom is 0.223 e. The molecule has 0 heterocycles. The summed E-state index contributed by atoms with van der Waals surface area (Å²) in [6, 6.07) is 0. The van der Waals surface area contributed by atoms with Gasteiger partial charge in [0.15, 0.2) is 0 Å². The third kappa shape index (κ3) is 2.56. The number of carbonyl (C=O) groups excluding carboxylic acids is 1. The molecule has 0 saturated heterocycles. The molecule has 0 aromatic rings. The Hall–Kier alpha value is -0.570. The summed E-state index contributed by atoms with van der Waals surface area (Å²) in [5, 5.41) is 3.34. The first-order valence-corrected chi connectivity index (χ1v) is 7.61. The fourth-order valence-corrected chi connectivity index (χ4v) is 3.83. The molecule has 0 aromatic carbocycles. The van der Waals surface area contributed by atoms with E-state index < -0.39 is 0 Å². The van der Waals surface area contributed by atoms with Crippen LogP contribution in [0.1, 0.15) is 58.8 Å². The van der Waals surface area contributed by atoms with E-state index in [0.717, 1.165) is 12.8 Å². The summed E-state index contributed by atoms with van der Waals surface area (Å²) in [7, 11) is 0. The van der Waals surface area contributed by atoms with Gasteiger partial charge in [-0.2, -0.15) is 0 Å². The number of hydrogen-bond donors (Lipinski definition) is 2. The zero-order chi connectivity index (χ0) is 13.2. The second-order valence-corrected chi connectivity index (χ2v) is 6.51. The van der Waals surface area contributed by atoms with E-state index in [1.54, 1.807) is 0 Å². The predicted molar refractivity (Wildman–Crippen MR) is 74.1 cm³/mol. The number of rotatable bonds is 3. The zero-order valence-electron chi connectivity index (χ0n) is 11.9. The Morgan fingerprint density at radius 1 is 1.22 bits per heavy atom. The van der Waals surface area contributed by atoms with Crippen molar-refractivity contribution in [3.05, 3.63) is 0 Å². The fourth-order valence-electron chi connectivity index (χ4n) is 3.83. The molecule has 1 amide bonds. The van der Waals surface area contributed by atoms with Crippen LogP contribution in [-0.4, -0.2) is 18.0 Å². The van der Waals surface area contributed by atoms with E-state index >= 15 is 0 Å². The van der Waals surface area contributed by atoms with Crippen LogP contribution in [0.2, 0.25) is 0 Å². The van der Waals surface area contributed by atoms with Crippen molar-refractivity contribution in [1.29, 1.82) is 0 Å². The normalized spacial score (nSPS) is 40.7. The predicted octanol–water partition coefficient (Wildman–Crippen LogP) is 2.45. The van der Waals surface area contributed by atoms with Crippen LogP contribution in [-0.2, 0) is 4.79 Å². The van der Waals surface area contributed by atoms with Crippen LogP contribution in [0.3, 0.4) is 0 Å². The number of nitrogens with one attached hydrogen (secondary N) is 1. The Balaban J connectivity index is 2.03. The van der Waals surface area contributed by atoms with Crippen molar-refractivity contribution in [2.24, 2.45) is 23.5 Å². The molecule has 4 atom stereocenters. The summed E-state index contributed by atoms with van der Waals surface area (Å²) in [4.78, 5) is 12.5. The summed E-state index contributed by atoms with van der Waals surface area (Å²) in [6.45, 7) is 5.03. The van der Waals surface area contributed by atoms with Gasteiger partial charge in [-0.25, -0.2) is 0 Å². The highest BCUT2D eigenvalue weighted by Crippen LogP contribution is 2.36. The van der Waals surface area contributed by atoms with E-state index in [1.807, 2.05) is 0 Å². The van der Waals surface area contributed by atoms with Crippen molar-refractivity contribution < 1.29 is 4.79 Å². The molecule has 0 aliphatic heterocycles. The second kappa shape index (κ2) is 5.60. The highest BCUT2D eigenvalue weighted by atomic mass is 16.2. The number of amides is 1. The monoisotopic (exact) mass is 252 g/mol. The van der Waals surface area contributed by atoms with Crippen molar-refractivity contribution in [3.8, 4) is 0 Å². The molecule has 2 saturated carbocycles. The van der Waals surface area contributed by atoms with Gasteiger partial charge in [0.2, 0.25) is 5.91 Å². The molecule has 3 heteroatoms. The molecular weight excluding hydrogens is 224 g/mol. The lowest BCUT2D eigenvalue weighted by atomic mass is 9.73. The minimum atomic E-state index is -0.127. The van der Waals surface area contributed by atoms with Crippen LogP contribution in [0.25, 0.3) is 0 Å². The van der Waals surface area contributed by atoms with Crippen LogP contribution < -0.4 is 11.1 Å². The van der Waals surface area contributed by atoms with Crippen molar-refractivity contribution >= 4 is 5.91 Å². The van der Waals surface area contributed by atoms with E-state index in [1.165, 1.54) is 32.1 Å². The maximum atomic E-state index is 12.5. The third-order valence-corrected chi connectivity index (χ3v) is 5.39. The van der Waals surface area contributed by atoms with E-state index in [2.05, 4.69) is 19.2 Å². The first kappa shape index (κ1) is 13.9. The molecule has 4 unspecified atom stereocenters. The quantitative estimate of drug-likeness (QED) is 0.810. The van der Waals surface area contributed by atoms with E-state index in [9.17, 15) is 4.79 Å². The standard InChI is InChI=1S/C15H28N2O/c1-11-6-5-8-13(11)14(18)17-15(10-16)9-4-3-7-12(15)2/h11-13H,3-10,16H2,1-2H3,(H,17,18). The van der Waals surface area contributed by atoms with Gasteiger partial charge in [0.05, 0.1) is 5.54 Å². The minimum absolute atomic E-state index is 0.127. The lowest BCUT2D eigenvalue weighted by Crippen LogP contribution is -2.60. The second-order valence-electron chi connectivity index (χ2n) is 6.51. The zero-order valence-corrected chi connectivity index (χ0v) is 11.9. The Morgan fingerprint density at radius 3 is 2.56 bits per heavy atom. The molecule has 2 fully saturated rings. The molecule has 18 heavy (non-hydrogen) atoms. The smallest absolute Gasteiger partial charge is 0.223 e. The van der Waals surface area contributed by atoms with Crippen LogP contribution in [0.15, 0.2) is 0 Å². The van der Waals surface area contributed by atoms with Crippen molar-refractivity contribution in [1.82, 2.24) is 5.32 Å². The fraction of sp³-hybridized carbons (Fsp3) is 0.933. The maximum absolute atomic E-state index is 12.5. The summed E-state index contributed by atoms with van der Waals surface area (Å²) in [6.07, 6.45) is 8.17. The van der Waals surface area contributed by atoms with Crippen molar-refractivity contribution in [2.75, 3.05) is 6.54 Å². The van der Waals surface area contributed by atoms with Gasteiger partial charge >= 0.3 is 0 Å². The van der Waals surface area contributed by atoms with Gasteiger partial charge in [0.25, 0.3) is 0 Å². The Labute approximate surface area is 111 Å². The molecule has 3 N–H and O–H groups in total. The molecular formula is C15H28N2O. The summed E-state index contributed by atoms with van der Waals surface area (Å²) < 4.78 is 0. The SMILES string of the molecule is CC1CCCC1C(=O)NC1(CN)CCCCC1C. The minimum Gasteiger partial charge on any atom is -0.349 e. The van der Waals surface area contributed by atoms with Crippen LogP contribution >= 0.6 is 0 Å². The van der Waals surface area contributed by atoms with Gasteiger partial charge in [0, 0.05) is 12.5 Å². The average Bonchev–Trinajstić information content (AvgIpc) is 2.78. The largest absolute Gasteiger partial charge is 0.349 e. The molecule has 0 spiro atoms. The van der Waals surface area contributed by atoms with E-state index in [-0.39, 0.29) is 17.4 Å². The molecule has 3 nitrogen and oxygen atoms in total. The van der Waals surface area contributed by atoms with Gasteiger partial charge in [-0.15, -0.1) is 0 Å². The van der Waals surface area contributed by atoms with Gasteiger partial charge in [-0.05, 0) is 37.5 Å². The van der Waals surface area contributed by atoms with Crippen molar-refractivity contribution in [3.63, 3.8) is 0 Å². The molecule has 0 bridgehead atoms. The Kier molecular flexibility index (Phi) is 4.31. The average molecular weight is 252 g/mol. The van der Waals surface area contributed by atoms with Crippen LogP contribution in [0.5, 0.6) is 0 Å². The Bertz CT molecular complexity index is 305. The molecule has 0 aromatic heterocycles. The summed E-state index contributed by atoms with van der Waals surface area (Å²) >= 11 is 0. The van der Waals surface area contributed by atoms with Gasteiger partial charge < -0.3 is 11.1 Å². The first-order valence-electron chi connectivity index (χ1n) is 7.61. The van der Waals surface area contributed by atoms with Crippen LogP contribution in [0, 0.1) is 17.8 Å². The van der Waals surface area contributed by atoms with Crippen LogP contribution in [0.4, 0.5) is 0 Å². The summed E-state index contributed by atoms with van der Waals surface area (Å²) in [5.41, 5.74) is 5.87. The summed E-state index contributed by atoms with van der Waals surface area (Å²) in [5.74, 6) is 1.54. The molecule has 104 valence electrons. The number of hydrogen-bond acceptors (Lipinski definition) is 2. The van der Waals surface area contributed by atoms with E-state index in [4.69, 9.17) is 5.73 Å². The van der Waals surface area contributed by atoms with Gasteiger partial charge in [-0.3, -0.25) is 4.79 Å². The molecule has 2 aliphatic rings. The lowest BCUT2D eigenvalue weighted by molar-refractivity contribution is -0.129.